The van der Waals surface area contributed by atoms with Crippen LogP contribution in [0.4, 0.5) is 4.39 Å². The smallest absolute Gasteiger partial charge is 0.230 e. The van der Waals surface area contributed by atoms with Crippen molar-refractivity contribution >= 4 is 11.8 Å². The SMILES string of the molecule is CN1CCC[C@]2(CCN(C(=O)CCc3ccc(F)cc3)C2)C1=O. The van der Waals surface area contributed by atoms with E-state index in [0.29, 0.717) is 25.9 Å². The van der Waals surface area contributed by atoms with Crippen LogP contribution >= 0.6 is 0 Å². The first kappa shape index (κ1) is 16.0. The number of hydrogen-bond donors (Lipinski definition) is 0. The molecule has 1 spiro atoms. The Labute approximate surface area is 136 Å². The molecule has 0 radical (unpaired) electrons. The van der Waals surface area contributed by atoms with Crippen molar-refractivity contribution in [2.24, 2.45) is 5.41 Å². The van der Waals surface area contributed by atoms with Crippen molar-refractivity contribution in [3.8, 4) is 0 Å². The fraction of sp³-hybridized carbons (Fsp3) is 0.556. The van der Waals surface area contributed by atoms with Crippen molar-refractivity contribution in [3.63, 3.8) is 0 Å². The van der Waals surface area contributed by atoms with Gasteiger partial charge in [-0.15, -0.1) is 0 Å². The summed E-state index contributed by atoms with van der Waals surface area (Å²) >= 11 is 0. The predicted molar refractivity (Wildman–Crippen MR) is 85.2 cm³/mol. The second-order valence-corrected chi connectivity index (χ2v) is 6.80. The van der Waals surface area contributed by atoms with Crippen molar-refractivity contribution in [2.75, 3.05) is 26.7 Å². The summed E-state index contributed by atoms with van der Waals surface area (Å²) in [7, 11) is 1.85. The maximum Gasteiger partial charge on any atom is 0.230 e. The highest BCUT2D eigenvalue weighted by Gasteiger charge is 2.48. The standard InChI is InChI=1S/C18H23FN2O2/c1-20-11-2-9-18(17(20)23)10-12-21(13-18)16(22)8-5-14-3-6-15(19)7-4-14/h3-4,6-7H,2,5,8-13H2,1H3/t18-/m1/s1. The third kappa shape index (κ3) is 3.23. The zero-order chi connectivity index (χ0) is 16.4. The van der Waals surface area contributed by atoms with Crippen LogP contribution in [-0.4, -0.2) is 48.3 Å². The lowest BCUT2D eigenvalue weighted by molar-refractivity contribution is -0.144. The summed E-state index contributed by atoms with van der Waals surface area (Å²) in [6, 6.07) is 6.27. The third-order valence-corrected chi connectivity index (χ3v) is 5.20. The Morgan fingerprint density at radius 2 is 1.96 bits per heavy atom. The molecule has 1 aromatic carbocycles. The van der Waals surface area contributed by atoms with Gasteiger partial charge in [-0.1, -0.05) is 12.1 Å². The van der Waals surface area contributed by atoms with Gasteiger partial charge in [-0.05, 0) is 43.4 Å². The molecular formula is C18H23FN2O2. The highest BCUT2D eigenvalue weighted by atomic mass is 19.1. The van der Waals surface area contributed by atoms with Gasteiger partial charge in [0.25, 0.3) is 0 Å². The molecule has 5 heteroatoms. The van der Waals surface area contributed by atoms with Crippen molar-refractivity contribution in [1.29, 1.82) is 0 Å². The largest absolute Gasteiger partial charge is 0.345 e. The molecule has 0 aliphatic carbocycles. The average molecular weight is 318 g/mol. The lowest BCUT2D eigenvalue weighted by atomic mass is 9.78. The molecule has 2 aliphatic heterocycles. The van der Waals surface area contributed by atoms with Crippen LogP contribution in [0.3, 0.4) is 0 Å². The zero-order valence-electron chi connectivity index (χ0n) is 13.6. The first-order valence-corrected chi connectivity index (χ1v) is 8.28. The summed E-state index contributed by atoms with van der Waals surface area (Å²) in [5, 5.41) is 0. The summed E-state index contributed by atoms with van der Waals surface area (Å²) in [6.07, 6.45) is 3.69. The highest BCUT2D eigenvalue weighted by molar-refractivity contribution is 5.86. The second-order valence-electron chi connectivity index (χ2n) is 6.80. The van der Waals surface area contributed by atoms with Crippen LogP contribution in [0.5, 0.6) is 0 Å². The van der Waals surface area contributed by atoms with E-state index in [2.05, 4.69) is 0 Å². The molecule has 2 fully saturated rings. The molecule has 2 saturated heterocycles. The Bertz CT molecular complexity index is 602. The molecule has 2 amide bonds. The minimum absolute atomic E-state index is 0.0900. The second kappa shape index (κ2) is 6.30. The van der Waals surface area contributed by atoms with Crippen LogP contribution in [-0.2, 0) is 16.0 Å². The first-order chi connectivity index (χ1) is 11.0. The van der Waals surface area contributed by atoms with Gasteiger partial charge in [0.1, 0.15) is 5.82 Å². The van der Waals surface area contributed by atoms with Gasteiger partial charge >= 0.3 is 0 Å². The maximum atomic E-state index is 12.9. The molecule has 2 heterocycles. The number of nitrogens with zero attached hydrogens (tertiary/aromatic N) is 2. The van der Waals surface area contributed by atoms with E-state index in [9.17, 15) is 14.0 Å². The molecule has 0 unspecified atom stereocenters. The van der Waals surface area contributed by atoms with E-state index in [-0.39, 0.29) is 23.0 Å². The van der Waals surface area contributed by atoms with Crippen molar-refractivity contribution in [2.45, 2.75) is 32.1 Å². The van der Waals surface area contributed by atoms with E-state index in [1.807, 2.05) is 11.9 Å². The third-order valence-electron chi connectivity index (χ3n) is 5.20. The van der Waals surface area contributed by atoms with Crippen molar-refractivity contribution in [1.82, 2.24) is 9.80 Å². The normalized spacial score (nSPS) is 24.5. The number of aryl methyl sites for hydroxylation is 1. The fourth-order valence-electron chi connectivity index (χ4n) is 3.79. The molecule has 0 saturated carbocycles. The molecule has 1 atom stereocenters. The van der Waals surface area contributed by atoms with Gasteiger partial charge in [0.15, 0.2) is 0 Å². The Balaban J connectivity index is 1.57. The van der Waals surface area contributed by atoms with E-state index in [1.165, 1.54) is 12.1 Å². The number of carbonyl (C=O) groups excluding carboxylic acids is 2. The minimum Gasteiger partial charge on any atom is -0.345 e. The Morgan fingerprint density at radius 3 is 2.70 bits per heavy atom. The average Bonchev–Trinajstić information content (AvgIpc) is 2.97. The molecule has 3 rings (SSSR count). The zero-order valence-corrected chi connectivity index (χ0v) is 13.6. The van der Waals surface area contributed by atoms with Crippen molar-refractivity contribution < 1.29 is 14.0 Å². The number of rotatable bonds is 3. The molecule has 2 aliphatic rings. The number of piperidine rings is 1. The number of benzene rings is 1. The summed E-state index contributed by atoms with van der Waals surface area (Å²) < 4.78 is 12.9. The monoisotopic (exact) mass is 318 g/mol. The highest BCUT2D eigenvalue weighted by Crippen LogP contribution is 2.39. The Hall–Kier alpha value is -1.91. The van der Waals surface area contributed by atoms with Gasteiger partial charge in [-0.2, -0.15) is 0 Å². The lowest BCUT2D eigenvalue weighted by Gasteiger charge is -2.37. The molecule has 0 bridgehead atoms. The summed E-state index contributed by atoms with van der Waals surface area (Å²) in [6.45, 7) is 2.04. The number of likely N-dealkylation sites (tertiary alicyclic amines) is 2. The number of halogens is 1. The van der Waals surface area contributed by atoms with Gasteiger partial charge in [0, 0.05) is 33.1 Å². The quantitative estimate of drug-likeness (QED) is 0.857. The number of amides is 2. The Kier molecular flexibility index (Phi) is 4.37. The Morgan fingerprint density at radius 1 is 1.22 bits per heavy atom. The van der Waals surface area contributed by atoms with Crippen LogP contribution in [0.2, 0.25) is 0 Å². The van der Waals surface area contributed by atoms with E-state index < -0.39 is 0 Å². The first-order valence-electron chi connectivity index (χ1n) is 8.28. The molecule has 124 valence electrons. The molecule has 23 heavy (non-hydrogen) atoms. The summed E-state index contributed by atoms with van der Waals surface area (Å²) in [5.74, 6) is 0.0197. The predicted octanol–water partition coefficient (Wildman–Crippen LogP) is 2.23. The van der Waals surface area contributed by atoms with E-state index in [0.717, 1.165) is 31.4 Å². The van der Waals surface area contributed by atoms with Gasteiger partial charge in [0.05, 0.1) is 5.41 Å². The topological polar surface area (TPSA) is 40.6 Å². The number of hydrogen-bond acceptors (Lipinski definition) is 2. The fourth-order valence-corrected chi connectivity index (χ4v) is 3.79. The lowest BCUT2D eigenvalue weighted by Crippen LogP contribution is -2.48. The number of carbonyl (C=O) groups is 2. The van der Waals surface area contributed by atoms with Gasteiger partial charge in [0.2, 0.25) is 11.8 Å². The van der Waals surface area contributed by atoms with Crippen LogP contribution < -0.4 is 0 Å². The summed E-state index contributed by atoms with van der Waals surface area (Å²) in [4.78, 5) is 28.5. The van der Waals surface area contributed by atoms with E-state index in [4.69, 9.17) is 0 Å². The van der Waals surface area contributed by atoms with Gasteiger partial charge in [-0.3, -0.25) is 9.59 Å². The van der Waals surface area contributed by atoms with E-state index in [1.54, 1.807) is 17.0 Å². The van der Waals surface area contributed by atoms with E-state index >= 15 is 0 Å². The van der Waals surface area contributed by atoms with Gasteiger partial charge in [-0.25, -0.2) is 4.39 Å². The molecule has 0 N–H and O–H groups in total. The minimum atomic E-state index is -0.349. The van der Waals surface area contributed by atoms with Gasteiger partial charge < -0.3 is 9.80 Å². The van der Waals surface area contributed by atoms with Crippen LogP contribution in [0.25, 0.3) is 0 Å². The molecular weight excluding hydrogens is 295 g/mol. The van der Waals surface area contributed by atoms with Crippen LogP contribution in [0.15, 0.2) is 24.3 Å². The van der Waals surface area contributed by atoms with Crippen LogP contribution in [0.1, 0.15) is 31.2 Å². The van der Waals surface area contributed by atoms with Crippen LogP contribution in [0, 0.1) is 11.2 Å². The van der Waals surface area contributed by atoms with Crippen molar-refractivity contribution in [3.05, 3.63) is 35.6 Å². The molecule has 4 nitrogen and oxygen atoms in total. The molecule has 0 aromatic heterocycles. The summed E-state index contributed by atoms with van der Waals surface area (Å²) in [5.41, 5.74) is 0.612. The molecule has 1 aromatic rings. The maximum absolute atomic E-state index is 12.9.